The molecule has 0 saturated heterocycles. The van der Waals surface area contributed by atoms with E-state index in [1.807, 2.05) is 6.92 Å². The molecular formula is C17H15F2N3O2S. The van der Waals surface area contributed by atoms with Crippen molar-refractivity contribution in [3.05, 3.63) is 57.0 Å². The molecule has 3 rings (SSSR count). The van der Waals surface area contributed by atoms with E-state index in [0.717, 1.165) is 29.9 Å². The Morgan fingerprint density at radius 3 is 2.80 bits per heavy atom. The van der Waals surface area contributed by atoms with E-state index in [1.165, 1.54) is 10.9 Å². The van der Waals surface area contributed by atoms with E-state index < -0.39 is 17.5 Å². The molecule has 1 aromatic carbocycles. The average Bonchev–Trinajstić information content (AvgIpc) is 2.90. The van der Waals surface area contributed by atoms with Gasteiger partial charge in [0.25, 0.3) is 11.5 Å². The van der Waals surface area contributed by atoms with E-state index >= 15 is 0 Å². The van der Waals surface area contributed by atoms with Crippen LogP contribution in [-0.2, 0) is 6.54 Å². The van der Waals surface area contributed by atoms with Crippen LogP contribution in [0.25, 0.3) is 10.2 Å². The highest BCUT2D eigenvalue weighted by Crippen LogP contribution is 2.28. The fraction of sp³-hybridized carbons (Fsp3) is 0.235. The smallest absolute Gasteiger partial charge is 0.266 e. The highest BCUT2D eigenvalue weighted by atomic mass is 32.1. The maximum atomic E-state index is 13.7. The van der Waals surface area contributed by atoms with Gasteiger partial charge in [0.1, 0.15) is 16.5 Å². The molecule has 8 heteroatoms. The molecule has 0 spiro atoms. The number of carbonyl (C=O) groups excluding carboxylic acids is 1. The van der Waals surface area contributed by atoms with E-state index in [1.54, 1.807) is 6.92 Å². The van der Waals surface area contributed by atoms with Crippen LogP contribution in [0, 0.1) is 18.6 Å². The van der Waals surface area contributed by atoms with Crippen LogP contribution in [0.2, 0.25) is 0 Å². The number of benzene rings is 1. The second-order valence-electron chi connectivity index (χ2n) is 5.56. The maximum absolute atomic E-state index is 13.7. The SMILES string of the molecule is CCCn1cnc2sc(C(=O)Nc3ccc(F)cc3F)c(C)c2c1=O. The van der Waals surface area contributed by atoms with Crippen molar-refractivity contribution in [1.82, 2.24) is 9.55 Å². The quantitative estimate of drug-likeness (QED) is 0.769. The van der Waals surface area contributed by atoms with Gasteiger partial charge in [0, 0.05) is 12.6 Å². The van der Waals surface area contributed by atoms with Crippen molar-refractivity contribution in [2.75, 3.05) is 5.32 Å². The Kier molecular flexibility index (Phi) is 4.63. The van der Waals surface area contributed by atoms with Crippen molar-refractivity contribution in [3.8, 4) is 0 Å². The van der Waals surface area contributed by atoms with Crippen LogP contribution in [0.15, 0.2) is 29.3 Å². The Labute approximate surface area is 145 Å². The minimum absolute atomic E-state index is 0.125. The number of hydrogen-bond acceptors (Lipinski definition) is 4. The Bertz CT molecular complexity index is 1030. The average molecular weight is 363 g/mol. The van der Waals surface area contributed by atoms with Crippen LogP contribution in [0.5, 0.6) is 0 Å². The van der Waals surface area contributed by atoms with Gasteiger partial charge in [-0.2, -0.15) is 0 Å². The molecule has 25 heavy (non-hydrogen) atoms. The number of thiophene rings is 1. The lowest BCUT2D eigenvalue weighted by molar-refractivity contribution is 0.102. The third-order valence-electron chi connectivity index (χ3n) is 3.77. The third kappa shape index (κ3) is 3.17. The van der Waals surface area contributed by atoms with E-state index in [9.17, 15) is 18.4 Å². The highest BCUT2D eigenvalue weighted by molar-refractivity contribution is 7.20. The van der Waals surface area contributed by atoms with Gasteiger partial charge in [-0.25, -0.2) is 13.8 Å². The summed E-state index contributed by atoms with van der Waals surface area (Å²) in [5, 5.41) is 2.80. The van der Waals surface area contributed by atoms with Crippen LogP contribution in [-0.4, -0.2) is 15.5 Å². The van der Waals surface area contributed by atoms with E-state index in [2.05, 4.69) is 10.3 Å². The fourth-order valence-electron chi connectivity index (χ4n) is 2.55. The minimum Gasteiger partial charge on any atom is -0.319 e. The first kappa shape index (κ1) is 17.2. The first-order valence-corrected chi connectivity index (χ1v) is 8.49. The Hall–Kier alpha value is -2.61. The summed E-state index contributed by atoms with van der Waals surface area (Å²) in [7, 11) is 0. The van der Waals surface area contributed by atoms with Gasteiger partial charge in [0.05, 0.1) is 22.3 Å². The summed E-state index contributed by atoms with van der Waals surface area (Å²) in [6, 6.07) is 2.90. The van der Waals surface area contributed by atoms with Gasteiger partial charge < -0.3 is 5.32 Å². The number of amides is 1. The van der Waals surface area contributed by atoms with Crippen molar-refractivity contribution >= 4 is 33.1 Å². The molecule has 0 saturated carbocycles. The molecule has 0 atom stereocenters. The van der Waals surface area contributed by atoms with E-state index in [0.29, 0.717) is 28.4 Å². The normalized spacial score (nSPS) is 11.0. The Morgan fingerprint density at radius 2 is 2.12 bits per heavy atom. The van der Waals surface area contributed by atoms with Crippen molar-refractivity contribution in [3.63, 3.8) is 0 Å². The second-order valence-corrected chi connectivity index (χ2v) is 6.56. The van der Waals surface area contributed by atoms with Crippen LogP contribution in [0.4, 0.5) is 14.5 Å². The molecule has 5 nitrogen and oxygen atoms in total. The zero-order chi connectivity index (χ0) is 18.1. The number of fused-ring (bicyclic) bond motifs is 1. The van der Waals surface area contributed by atoms with Crippen LogP contribution in [0.1, 0.15) is 28.6 Å². The molecule has 0 aliphatic rings. The summed E-state index contributed by atoms with van der Waals surface area (Å²) in [5.41, 5.74) is 0.176. The first-order valence-electron chi connectivity index (χ1n) is 7.67. The Balaban J connectivity index is 2.01. The highest BCUT2D eigenvalue weighted by Gasteiger charge is 2.20. The molecule has 0 aliphatic heterocycles. The second kappa shape index (κ2) is 6.72. The third-order valence-corrected chi connectivity index (χ3v) is 4.97. The summed E-state index contributed by atoms with van der Waals surface area (Å²) in [6.45, 7) is 4.15. The summed E-state index contributed by atoms with van der Waals surface area (Å²) < 4.78 is 28.2. The fourth-order valence-corrected chi connectivity index (χ4v) is 3.58. The number of nitrogens with one attached hydrogen (secondary N) is 1. The number of aryl methyl sites for hydroxylation is 2. The zero-order valence-electron chi connectivity index (χ0n) is 13.6. The number of hydrogen-bond donors (Lipinski definition) is 1. The van der Waals surface area contributed by atoms with Crippen LogP contribution in [0.3, 0.4) is 0 Å². The molecule has 0 aliphatic carbocycles. The molecule has 0 unspecified atom stereocenters. The van der Waals surface area contributed by atoms with Gasteiger partial charge in [0.15, 0.2) is 0 Å². The minimum atomic E-state index is -0.865. The predicted molar refractivity (Wildman–Crippen MR) is 93.2 cm³/mol. The van der Waals surface area contributed by atoms with Crippen molar-refractivity contribution in [1.29, 1.82) is 0 Å². The lowest BCUT2D eigenvalue weighted by atomic mass is 10.2. The number of aromatic nitrogens is 2. The number of carbonyl (C=O) groups is 1. The van der Waals surface area contributed by atoms with Crippen molar-refractivity contribution in [2.45, 2.75) is 26.8 Å². The molecule has 0 bridgehead atoms. The van der Waals surface area contributed by atoms with Gasteiger partial charge >= 0.3 is 0 Å². The molecule has 130 valence electrons. The lowest BCUT2D eigenvalue weighted by Crippen LogP contribution is -2.20. The van der Waals surface area contributed by atoms with Gasteiger partial charge in [-0.05, 0) is 31.0 Å². The topological polar surface area (TPSA) is 64.0 Å². The summed E-state index contributed by atoms with van der Waals surface area (Å²) in [4.78, 5) is 30.0. The predicted octanol–water partition coefficient (Wildman–Crippen LogP) is 3.71. The van der Waals surface area contributed by atoms with Crippen molar-refractivity contribution in [2.24, 2.45) is 0 Å². The van der Waals surface area contributed by atoms with Gasteiger partial charge in [-0.1, -0.05) is 6.92 Å². The number of anilines is 1. The molecule has 0 radical (unpaired) electrons. The van der Waals surface area contributed by atoms with Crippen LogP contribution < -0.4 is 10.9 Å². The molecule has 2 aromatic heterocycles. The van der Waals surface area contributed by atoms with Gasteiger partial charge in [-0.3, -0.25) is 14.2 Å². The molecule has 2 heterocycles. The van der Waals surface area contributed by atoms with Gasteiger partial charge in [-0.15, -0.1) is 11.3 Å². The van der Waals surface area contributed by atoms with Crippen molar-refractivity contribution < 1.29 is 13.6 Å². The van der Waals surface area contributed by atoms with E-state index in [4.69, 9.17) is 0 Å². The Morgan fingerprint density at radius 1 is 1.36 bits per heavy atom. The molecule has 0 fully saturated rings. The van der Waals surface area contributed by atoms with Gasteiger partial charge in [0.2, 0.25) is 0 Å². The number of halogens is 2. The summed E-state index contributed by atoms with van der Waals surface area (Å²) in [5.74, 6) is -2.16. The summed E-state index contributed by atoms with van der Waals surface area (Å²) in [6.07, 6.45) is 2.25. The standard InChI is InChI=1S/C17H15F2N3O2S/c1-3-6-22-8-20-16-13(17(22)24)9(2)14(25-16)15(23)21-12-5-4-10(18)7-11(12)19/h4-5,7-8H,3,6H2,1-2H3,(H,21,23). The monoisotopic (exact) mass is 363 g/mol. The molecule has 1 amide bonds. The molecular weight excluding hydrogens is 348 g/mol. The first-order chi connectivity index (χ1) is 11.9. The lowest BCUT2D eigenvalue weighted by Gasteiger charge is -2.05. The molecule has 1 N–H and O–H groups in total. The number of rotatable bonds is 4. The van der Waals surface area contributed by atoms with Crippen LogP contribution >= 0.6 is 11.3 Å². The van der Waals surface area contributed by atoms with E-state index in [-0.39, 0.29) is 16.1 Å². The zero-order valence-corrected chi connectivity index (χ0v) is 14.4. The largest absolute Gasteiger partial charge is 0.319 e. The maximum Gasteiger partial charge on any atom is 0.266 e. The number of nitrogens with zero attached hydrogens (tertiary/aromatic N) is 2. The molecule has 3 aromatic rings. The summed E-state index contributed by atoms with van der Waals surface area (Å²) >= 11 is 1.07.